The van der Waals surface area contributed by atoms with Gasteiger partial charge in [-0.3, -0.25) is 9.59 Å². The third-order valence-corrected chi connectivity index (χ3v) is 6.29. The summed E-state index contributed by atoms with van der Waals surface area (Å²) in [5, 5.41) is 5.79. The van der Waals surface area contributed by atoms with Crippen LogP contribution in [0.4, 0.5) is 0 Å². The fourth-order valence-corrected chi connectivity index (χ4v) is 4.56. The first-order chi connectivity index (χ1) is 14.7. The van der Waals surface area contributed by atoms with E-state index in [2.05, 4.69) is 10.6 Å². The van der Waals surface area contributed by atoms with Gasteiger partial charge in [-0.1, -0.05) is 25.7 Å². The zero-order valence-corrected chi connectivity index (χ0v) is 17.4. The molecule has 0 radical (unpaired) electrons. The monoisotopic (exact) mass is 418 g/mol. The van der Waals surface area contributed by atoms with Crippen molar-refractivity contribution in [2.45, 2.75) is 50.6 Å². The number of benzene rings is 1. The van der Waals surface area contributed by atoms with E-state index in [4.69, 9.17) is 14.2 Å². The summed E-state index contributed by atoms with van der Waals surface area (Å²) in [5.41, 5.74) is 1.06. The highest BCUT2D eigenvalue weighted by Crippen LogP contribution is 2.33. The highest BCUT2D eigenvalue weighted by molar-refractivity contribution is 6.35. The van der Waals surface area contributed by atoms with Crippen molar-refractivity contribution in [3.05, 3.63) is 23.8 Å². The fraction of sp³-hybridized carbons (Fsp3) is 0.636. The van der Waals surface area contributed by atoms with Crippen LogP contribution in [0, 0.1) is 0 Å². The number of carbonyl (C=O) groups excluding carboxylic acids is 2. The minimum Gasteiger partial charge on any atom is -0.454 e. The number of ether oxygens (including phenoxy) is 3. The summed E-state index contributed by atoms with van der Waals surface area (Å²) in [6.07, 6.45) is 6.54. The Morgan fingerprint density at radius 2 is 1.73 bits per heavy atom. The Morgan fingerprint density at radius 1 is 1.00 bits per heavy atom. The number of morpholine rings is 1. The Kier molecular flexibility index (Phi) is 7.07. The van der Waals surface area contributed by atoms with E-state index in [0.29, 0.717) is 19.8 Å². The van der Waals surface area contributed by atoms with E-state index in [1.807, 2.05) is 18.2 Å². The van der Waals surface area contributed by atoms with Crippen molar-refractivity contribution >= 4 is 11.8 Å². The van der Waals surface area contributed by atoms with Gasteiger partial charge in [0, 0.05) is 11.6 Å². The van der Waals surface area contributed by atoms with Gasteiger partial charge < -0.3 is 29.7 Å². The first-order valence-electron chi connectivity index (χ1n) is 11.1. The molecular formula is C22H32N3O5+. The maximum atomic E-state index is 12.5. The first kappa shape index (κ1) is 20.9. The Hall–Kier alpha value is -2.32. The minimum atomic E-state index is -0.558. The molecule has 8 heteroatoms. The van der Waals surface area contributed by atoms with Crippen LogP contribution >= 0.6 is 0 Å². The van der Waals surface area contributed by atoms with Crippen LogP contribution < -0.4 is 25.0 Å². The van der Waals surface area contributed by atoms with Gasteiger partial charge >= 0.3 is 11.8 Å². The largest absolute Gasteiger partial charge is 0.454 e. The standard InChI is InChI=1S/C22H31N3O5/c26-21(22(27)24-17-5-3-1-2-4-6-17)23-14-18(25-9-11-28-12-10-25)16-7-8-19-20(13-16)30-15-29-19/h7-8,13,17-18H,1-6,9-12,14-15H2,(H,23,26)(H,24,27)/p+1/t18-/m0/s1. The van der Waals surface area contributed by atoms with Crippen LogP contribution in [0.3, 0.4) is 0 Å². The quantitative estimate of drug-likeness (QED) is 0.474. The molecule has 2 heterocycles. The van der Waals surface area contributed by atoms with E-state index < -0.39 is 11.8 Å². The van der Waals surface area contributed by atoms with Crippen LogP contribution in [0.25, 0.3) is 0 Å². The Labute approximate surface area is 177 Å². The molecule has 2 fully saturated rings. The van der Waals surface area contributed by atoms with Crippen molar-refractivity contribution in [2.24, 2.45) is 0 Å². The van der Waals surface area contributed by atoms with Crippen molar-refractivity contribution in [3.63, 3.8) is 0 Å². The van der Waals surface area contributed by atoms with E-state index in [9.17, 15) is 9.59 Å². The number of nitrogens with one attached hydrogen (secondary N) is 3. The molecule has 1 aliphatic carbocycles. The highest BCUT2D eigenvalue weighted by atomic mass is 16.7. The molecule has 0 bridgehead atoms. The van der Waals surface area contributed by atoms with Gasteiger partial charge in [-0.05, 0) is 31.0 Å². The van der Waals surface area contributed by atoms with E-state index in [1.165, 1.54) is 17.7 Å². The zero-order valence-electron chi connectivity index (χ0n) is 17.4. The molecule has 30 heavy (non-hydrogen) atoms. The molecule has 1 saturated heterocycles. The summed E-state index contributed by atoms with van der Waals surface area (Å²) in [4.78, 5) is 26.2. The van der Waals surface area contributed by atoms with Gasteiger partial charge in [-0.15, -0.1) is 0 Å². The molecule has 1 aromatic carbocycles. The smallest absolute Gasteiger partial charge is 0.309 e. The Morgan fingerprint density at radius 3 is 2.50 bits per heavy atom. The lowest BCUT2D eigenvalue weighted by Gasteiger charge is -2.32. The number of hydrogen-bond acceptors (Lipinski definition) is 5. The van der Waals surface area contributed by atoms with Crippen molar-refractivity contribution in [3.8, 4) is 11.5 Å². The van der Waals surface area contributed by atoms with E-state index in [1.54, 1.807) is 0 Å². The van der Waals surface area contributed by atoms with Crippen LogP contribution in [0.2, 0.25) is 0 Å². The first-order valence-corrected chi connectivity index (χ1v) is 11.1. The molecule has 0 aromatic heterocycles. The summed E-state index contributed by atoms with van der Waals surface area (Å²) in [6, 6.07) is 6.02. The van der Waals surface area contributed by atoms with Gasteiger partial charge in [0.2, 0.25) is 6.79 Å². The SMILES string of the molecule is O=C(NC[C@@H](c1ccc2c(c1)OCO2)[NH+]1CCOCC1)C(=O)NC1CCCCCC1. The molecule has 3 N–H and O–H groups in total. The summed E-state index contributed by atoms with van der Waals surface area (Å²) in [6.45, 7) is 3.68. The number of carbonyl (C=O) groups is 2. The van der Waals surface area contributed by atoms with Gasteiger partial charge in [0.25, 0.3) is 0 Å². The van der Waals surface area contributed by atoms with Crippen LogP contribution in [-0.2, 0) is 14.3 Å². The molecule has 1 saturated carbocycles. The van der Waals surface area contributed by atoms with Crippen LogP contribution in [0.5, 0.6) is 11.5 Å². The molecule has 8 nitrogen and oxygen atoms in total. The molecule has 0 spiro atoms. The lowest BCUT2D eigenvalue weighted by molar-refractivity contribution is -0.937. The second-order valence-corrected chi connectivity index (χ2v) is 8.31. The molecule has 1 aromatic rings. The summed E-state index contributed by atoms with van der Waals surface area (Å²) in [7, 11) is 0. The lowest BCUT2D eigenvalue weighted by Crippen LogP contribution is -3.15. The molecule has 164 valence electrons. The van der Waals surface area contributed by atoms with Gasteiger partial charge in [0.05, 0.1) is 19.8 Å². The maximum absolute atomic E-state index is 12.5. The Balaban J connectivity index is 1.38. The predicted molar refractivity (Wildman–Crippen MR) is 109 cm³/mol. The molecule has 1 atom stereocenters. The number of hydrogen-bond donors (Lipinski definition) is 3. The molecular weight excluding hydrogens is 386 g/mol. The van der Waals surface area contributed by atoms with E-state index in [0.717, 1.165) is 55.8 Å². The number of fused-ring (bicyclic) bond motifs is 1. The van der Waals surface area contributed by atoms with E-state index in [-0.39, 0.29) is 18.9 Å². The average Bonchev–Trinajstić information content (AvgIpc) is 3.09. The van der Waals surface area contributed by atoms with Crippen LogP contribution in [0.15, 0.2) is 18.2 Å². The minimum absolute atomic E-state index is 0.0121. The second kappa shape index (κ2) is 10.1. The van der Waals surface area contributed by atoms with Gasteiger partial charge in [-0.2, -0.15) is 0 Å². The summed E-state index contributed by atoms with van der Waals surface area (Å²) < 4.78 is 16.4. The molecule has 4 rings (SSSR count). The normalized spacial score (nSPS) is 20.9. The third-order valence-electron chi connectivity index (χ3n) is 6.29. The summed E-state index contributed by atoms with van der Waals surface area (Å²) in [5.74, 6) is 0.379. The topological polar surface area (TPSA) is 90.3 Å². The maximum Gasteiger partial charge on any atom is 0.309 e. The van der Waals surface area contributed by atoms with Crippen LogP contribution in [-0.4, -0.2) is 57.5 Å². The molecule has 3 aliphatic rings. The third kappa shape index (κ3) is 5.23. The summed E-state index contributed by atoms with van der Waals surface area (Å²) >= 11 is 0. The molecule has 0 unspecified atom stereocenters. The average molecular weight is 419 g/mol. The fourth-order valence-electron chi connectivity index (χ4n) is 4.56. The number of rotatable bonds is 5. The van der Waals surface area contributed by atoms with Crippen molar-refractivity contribution in [2.75, 3.05) is 39.6 Å². The lowest BCUT2D eigenvalue weighted by atomic mass is 10.0. The van der Waals surface area contributed by atoms with E-state index >= 15 is 0 Å². The van der Waals surface area contributed by atoms with Crippen molar-refractivity contribution in [1.82, 2.24) is 10.6 Å². The van der Waals surface area contributed by atoms with Gasteiger partial charge in [-0.25, -0.2) is 0 Å². The number of amides is 2. The van der Waals surface area contributed by atoms with Crippen LogP contribution in [0.1, 0.15) is 50.1 Å². The molecule has 2 amide bonds. The predicted octanol–water partition coefficient (Wildman–Crippen LogP) is 0.327. The second-order valence-electron chi connectivity index (χ2n) is 8.31. The Bertz CT molecular complexity index is 742. The van der Waals surface area contributed by atoms with Gasteiger partial charge in [0.15, 0.2) is 11.5 Å². The zero-order chi connectivity index (χ0) is 20.8. The van der Waals surface area contributed by atoms with Gasteiger partial charge in [0.1, 0.15) is 19.1 Å². The van der Waals surface area contributed by atoms with Crippen molar-refractivity contribution in [1.29, 1.82) is 0 Å². The number of quaternary nitrogens is 1. The molecule has 2 aliphatic heterocycles. The highest BCUT2D eigenvalue weighted by Gasteiger charge is 2.29. The van der Waals surface area contributed by atoms with Crippen molar-refractivity contribution < 1.29 is 28.7 Å².